The minimum atomic E-state index is -0.0865. The largest absolute Gasteiger partial charge is 0.461 e. The maximum atomic E-state index is 12.5. The second-order valence-corrected chi connectivity index (χ2v) is 8.72. The highest BCUT2D eigenvalue weighted by Crippen LogP contribution is 2.35. The molecule has 0 amide bonds. The van der Waals surface area contributed by atoms with Crippen LogP contribution in [0, 0.1) is 26.7 Å². The van der Waals surface area contributed by atoms with Crippen LogP contribution in [0.5, 0.6) is 0 Å². The highest BCUT2D eigenvalue weighted by Gasteiger charge is 2.28. The normalized spacial score (nSPS) is 15.2. The third kappa shape index (κ3) is 3.74. The maximum Gasteiger partial charge on any atom is 0.309 e. The summed E-state index contributed by atoms with van der Waals surface area (Å²) in [4.78, 5) is 26.1. The topological polar surface area (TPSA) is 55.3 Å². The van der Waals surface area contributed by atoms with Crippen LogP contribution >= 0.6 is 11.3 Å². The van der Waals surface area contributed by atoms with Crippen LogP contribution in [0.4, 0.5) is 5.82 Å². The molecule has 3 aromatic rings. The number of piperidine rings is 1. The fourth-order valence-electron chi connectivity index (χ4n) is 3.80. The Morgan fingerprint density at radius 3 is 2.75 bits per heavy atom. The molecule has 1 aliphatic rings. The summed E-state index contributed by atoms with van der Waals surface area (Å²) in [6, 6.07) is 8.09. The highest BCUT2D eigenvalue weighted by molar-refractivity contribution is 7.18. The van der Waals surface area contributed by atoms with Crippen molar-refractivity contribution < 1.29 is 9.53 Å². The van der Waals surface area contributed by atoms with E-state index >= 15 is 0 Å². The summed E-state index contributed by atoms with van der Waals surface area (Å²) in [5, 5.41) is 1.16. The molecule has 0 bridgehead atoms. The quantitative estimate of drug-likeness (QED) is 0.606. The first-order valence-electron chi connectivity index (χ1n) is 9.70. The third-order valence-corrected chi connectivity index (χ3v) is 6.65. The van der Waals surface area contributed by atoms with Crippen LogP contribution in [-0.2, 0) is 16.1 Å². The van der Waals surface area contributed by atoms with Crippen LogP contribution in [0.25, 0.3) is 10.2 Å². The molecule has 6 heteroatoms. The van der Waals surface area contributed by atoms with E-state index < -0.39 is 0 Å². The van der Waals surface area contributed by atoms with Gasteiger partial charge in [0.15, 0.2) is 0 Å². The number of anilines is 1. The van der Waals surface area contributed by atoms with Gasteiger partial charge in [0.25, 0.3) is 0 Å². The van der Waals surface area contributed by atoms with Gasteiger partial charge in [0, 0.05) is 18.0 Å². The Labute approximate surface area is 169 Å². The first-order chi connectivity index (χ1) is 13.5. The molecule has 0 atom stereocenters. The smallest absolute Gasteiger partial charge is 0.309 e. The number of thiophene rings is 1. The van der Waals surface area contributed by atoms with Crippen molar-refractivity contribution in [2.45, 2.75) is 40.2 Å². The molecule has 1 aromatic carbocycles. The van der Waals surface area contributed by atoms with Crippen LogP contribution in [0.15, 0.2) is 30.6 Å². The van der Waals surface area contributed by atoms with Gasteiger partial charge in [-0.15, -0.1) is 11.3 Å². The second-order valence-electron chi connectivity index (χ2n) is 7.52. The Morgan fingerprint density at radius 1 is 1.21 bits per heavy atom. The van der Waals surface area contributed by atoms with E-state index in [2.05, 4.69) is 34.8 Å². The van der Waals surface area contributed by atoms with E-state index in [0.717, 1.165) is 47.5 Å². The Morgan fingerprint density at radius 2 is 2.00 bits per heavy atom. The second kappa shape index (κ2) is 7.87. The minimum Gasteiger partial charge on any atom is -0.461 e. The first-order valence-corrected chi connectivity index (χ1v) is 10.5. The summed E-state index contributed by atoms with van der Waals surface area (Å²) >= 11 is 1.72. The zero-order valence-corrected chi connectivity index (χ0v) is 17.4. The van der Waals surface area contributed by atoms with E-state index in [-0.39, 0.29) is 11.9 Å². The van der Waals surface area contributed by atoms with Gasteiger partial charge >= 0.3 is 5.97 Å². The van der Waals surface area contributed by atoms with E-state index in [1.54, 1.807) is 17.7 Å². The third-order valence-electron chi connectivity index (χ3n) is 5.54. The number of rotatable bonds is 4. The van der Waals surface area contributed by atoms with Crippen molar-refractivity contribution in [1.82, 2.24) is 9.97 Å². The van der Waals surface area contributed by atoms with Gasteiger partial charge < -0.3 is 9.64 Å². The Balaban J connectivity index is 1.39. The number of carbonyl (C=O) groups excluding carboxylic acids is 1. The van der Waals surface area contributed by atoms with E-state index in [0.29, 0.717) is 6.61 Å². The molecule has 28 heavy (non-hydrogen) atoms. The van der Waals surface area contributed by atoms with Crippen LogP contribution in [0.1, 0.15) is 34.4 Å². The molecule has 4 rings (SSSR count). The number of nitrogens with zero attached hydrogens (tertiary/aromatic N) is 3. The molecule has 0 aliphatic carbocycles. The van der Waals surface area contributed by atoms with Gasteiger partial charge in [0.1, 0.15) is 23.6 Å². The predicted molar refractivity (Wildman–Crippen MR) is 113 cm³/mol. The Hall–Kier alpha value is -2.47. The molecule has 0 N–H and O–H groups in total. The number of hydrogen-bond donors (Lipinski definition) is 0. The van der Waals surface area contributed by atoms with E-state index in [9.17, 15) is 4.79 Å². The molecule has 1 fully saturated rings. The van der Waals surface area contributed by atoms with E-state index in [4.69, 9.17) is 4.74 Å². The monoisotopic (exact) mass is 395 g/mol. The lowest BCUT2D eigenvalue weighted by Crippen LogP contribution is -2.37. The lowest BCUT2D eigenvalue weighted by atomic mass is 9.96. The molecule has 3 heterocycles. The lowest BCUT2D eigenvalue weighted by molar-refractivity contribution is -0.150. The molecule has 0 radical (unpaired) electrons. The van der Waals surface area contributed by atoms with Gasteiger partial charge in [-0.05, 0) is 44.7 Å². The van der Waals surface area contributed by atoms with Crippen molar-refractivity contribution in [3.63, 3.8) is 0 Å². The number of esters is 1. The van der Waals surface area contributed by atoms with Crippen LogP contribution < -0.4 is 4.90 Å². The van der Waals surface area contributed by atoms with Crippen molar-refractivity contribution in [3.05, 3.63) is 52.2 Å². The van der Waals surface area contributed by atoms with Gasteiger partial charge in [-0.25, -0.2) is 9.97 Å². The van der Waals surface area contributed by atoms with Crippen molar-refractivity contribution >= 4 is 33.3 Å². The van der Waals surface area contributed by atoms with Gasteiger partial charge in [-0.1, -0.05) is 29.8 Å². The lowest BCUT2D eigenvalue weighted by Gasteiger charge is -2.32. The number of ether oxygens (including phenoxy) is 1. The van der Waals surface area contributed by atoms with Crippen LogP contribution in [0.3, 0.4) is 0 Å². The van der Waals surface area contributed by atoms with Crippen molar-refractivity contribution in [2.75, 3.05) is 18.0 Å². The number of aromatic nitrogens is 2. The van der Waals surface area contributed by atoms with Crippen LogP contribution in [-0.4, -0.2) is 29.0 Å². The molecule has 0 saturated carbocycles. The number of carbonyl (C=O) groups is 1. The highest BCUT2D eigenvalue weighted by atomic mass is 32.1. The van der Waals surface area contributed by atoms with E-state index in [1.165, 1.54) is 16.0 Å². The fraction of sp³-hybridized carbons (Fsp3) is 0.409. The van der Waals surface area contributed by atoms with Crippen molar-refractivity contribution in [2.24, 2.45) is 5.92 Å². The zero-order valence-electron chi connectivity index (χ0n) is 16.6. The number of fused-ring (bicyclic) bond motifs is 1. The Kier molecular flexibility index (Phi) is 5.31. The average molecular weight is 396 g/mol. The van der Waals surface area contributed by atoms with Crippen LogP contribution in [0.2, 0.25) is 0 Å². The molecule has 146 valence electrons. The standard InChI is InChI=1S/C22H25N3O2S/c1-14-5-4-6-17(11-14)12-27-22(26)18-7-9-25(10-8-18)20-19-15(2)16(3)28-21(19)24-13-23-20/h4-6,11,13,18H,7-10,12H2,1-3H3. The number of hydrogen-bond acceptors (Lipinski definition) is 6. The van der Waals surface area contributed by atoms with Gasteiger partial charge in [-0.2, -0.15) is 0 Å². The summed E-state index contributed by atoms with van der Waals surface area (Å²) in [6.45, 7) is 8.27. The molecule has 2 aromatic heterocycles. The first kappa shape index (κ1) is 18.9. The molecule has 0 spiro atoms. The fourth-order valence-corrected chi connectivity index (χ4v) is 4.80. The molecule has 0 unspecified atom stereocenters. The molecular formula is C22H25N3O2S. The SMILES string of the molecule is Cc1cccc(COC(=O)C2CCN(c3ncnc4sc(C)c(C)c34)CC2)c1. The predicted octanol–water partition coefficient (Wildman–Crippen LogP) is 4.58. The summed E-state index contributed by atoms with van der Waals surface area (Å²) in [6.07, 6.45) is 3.23. The molecule has 1 aliphatic heterocycles. The minimum absolute atomic E-state index is 0.0382. The van der Waals surface area contributed by atoms with E-state index in [1.807, 2.05) is 25.1 Å². The zero-order chi connectivity index (χ0) is 19.7. The van der Waals surface area contributed by atoms with Crippen molar-refractivity contribution in [1.29, 1.82) is 0 Å². The summed E-state index contributed by atoms with van der Waals surface area (Å²) in [5.41, 5.74) is 3.48. The maximum absolute atomic E-state index is 12.5. The summed E-state index contributed by atoms with van der Waals surface area (Å²) < 4.78 is 5.57. The van der Waals surface area contributed by atoms with Gasteiger partial charge in [0.2, 0.25) is 0 Å². The number of aryl methyl sites for hydroxylation is 3. The van der Waals surface area contributed by atoms with Gasteiger partial charge in [0.05, 0.1) is 11.3 Å². The molecular weight excluding hydrogens is 370 g/mol. The molecule has 1 saturated heterocycles. The summed E-state index contributed by atoms with van der Waals surface area (Å²) in [7, 11) is 0. The Bertz CT molecular complexity index is 1010. The average Bonchev–Trinajstić information content (AvgIpc) is 3.00. The summed E-state index contributed by atoms with van der Waals surface area (Å²) in [5.74, 6) is 0.874. The molecule has 5 nitrogen and oxygen atoms in total. The van der Waals surface area contributed by atoms with Gasteiger partial charge in [-0.3, -0.25) is 4.79 Å². The number of benzene rings is 1. The van der Waals surface area contributed by atoms with Crippen molar-refractivity contribution in [3.8, 4) is 0 Å².